The van der Waals surface area contributed by atoms with Crippen molar-refractivity contribution in [3.63, 3.8) is 0 Å². The molecule has 162 valence electrons. The molecule has 0 saturated carbocycles. The van der Waals surface area contributed by atoms with E-state index in [9.17, 15) is 18.0 Å². The first-order valence-corrected chi connectivity index (χ1v) is 10.3. The zero-order valence-electron chi connectivity index (χ0n) is 16.2. The van der Waals surface area contributed by atoms with Crippen LogP contribution in [-0.2, 0) is 4.74 Å². The molecule has 0 aliphatic rings. The second-order valence-corrected chi connectivity index (χ2v) is 7.55. The molecule has 10 heteroatoms. The largest absolute Gasteiger partial charge is 0.573 e. The molecule has 3 rings (SSSR count). The molecule has 0 atom stereocenters. The van der Waals surface area contributed by atoms with Crippen LogP contribution in [0.1, 0.15) is 17.3 Å². The molecule has 2 aromatic carbocycles. The van der Waals surface area contributed by atoms with Gasteiger partial charge in [0.2, 0.25) is 0 Å². The van der Waals surface area contributed by atoms with E-state index in [1.54, 1.807) is 13.0 Å². The van der Waals surface area contributed by atoms with Gasteiger partial charge in [-0.1, -0.05) is 30.3 Å². The Hall–Kier alpha value is -3.11. The minimum absolute atomic E-state index is 0.163. The van der Waals surface area contributed by atoms with Crippen molar-refractivity contribution >= 4 is 45.3 Å². The maximum atomic E-state index is 12.4. The van der Waals surface area contributed by atoms with Gasteiger partial charge in [-0.25, -0.2) is 4.79 Å². The van der Waals surface area contributed by atoms with Gasteiger partial charge >= 0.3 is 12.3 Å². The van der Waals surface area contributed by atoms with Crippen LogP contribution in [0.5, 0.6) is 5.75 Å². The summed E-state index contributed by atoms with van der Waals surface area (Å²) in [5, 5.41) is 6.49. The van der Waals surface area contributed by atoms with Crippen LogP contribution < -0.4 is 15.4 Å². The Balaban J connectivity index is 1.75. The number of ether oxygens (including phenoxy) is 2. The van der Waals surface area contributed by atoms with Crippen molar-refractivity contribution in [2.75, 3.05) is 17.2 Å². The quantitative estimate of drug-likeness (QED) is 0.328. The maximum Gasteiger partial charge on any atom is 0.573 e. The lowest BCUT2D eigenvalue weighted by Gasteiger charge is -2.12. The average Bonchev–Trinajstić information content (AvgIpc) is 3.13. The van der Waals surface area contributed by atoms with Gasteiger partial charge in [0, 0.05) is 10.6 Å². The van der Waals surface area contributed by atoms with Crippen LogP contribution >= 0.6 is 23.6 Å². The fourth-order valence-electron chi connectivity index (χ4n) is 2.59. The molecule has 1 heterocycles. The zero-order valence-corrected chi connectivity index (χ0v) is 17.8. The third kappa shape index (κ3) is 6.43. The molecule has 0 unspecified atom stereocenters. The number of anilines is 2. The van der Waals surface area contributed by atoms with Crippen LogP contribution in [0.15, 0.2) is 60.7 Å². The number of thiophene rings is 1. The van der Waals surface area contributed by atoms with E-state index in [1.165, 1.54) is 35.6 Å². The maximum absolute atomic E-state index is 12.4. The van der Waals surface area contributed by atoms with Gasteiger partial charge in [0.15, 0.2) is 5.11 Å². The predicted molar refractivity (Wildman–Crippen MR) is 119 cm³/mol. The molecule has 0 saturated heterocycles. The van der Waals surface area contributed by atoms with Crippen LogP contribution in [-0.4, -0.2) is 24.1 Å². The third-order valence-corrected chi connectivity index (χ3v) is 5.16. The fourth-order valence-corrected chi connectivity index (χ4v) is 3.93. The third-order valence-electron chi connectivity index (χ3n) is 3.86. The summed E-state index contributed by atoms with van der Waals surface area (Å²) < 4.78 is 45.8. The van der Waals surface area contributed by atoms with Gasteiger partial charge in [0.25, 0.3) is 0 Å². The Morgan fingerprint density at radius 3 is 2.35 bits per heavy atom. The lowest BCUT2D eigenvalue weighted by Crippen LogP contribution is -2.20. The molecule has 1 aromatic heterocycles. The lowest BCUT2D eigenvalue weighted by molar-refractivity contribution is -0.274. The zero-order chi connectivity index (χ0) is 22.4. The number of rotatable bonds is 6. The van der Waals surface area contributed by atoms with Crippen molar-refractivity contribution in [3.05, 3.63) is 66.2 Å². The lowest BCUT2D eigenvalue weighted by atomic mass is 10.1. The van der Waals surface area contributed by atoms with Gasteiger partial charge in [-0.05, 0) is 55.0 Å². The number of carbonyl (C=O) groups is 1. The topological polar surface area (TPSA) is 59.6 Å². The van der Waals surface area contributed by atoms with Crippen LogP contribution in [0.4, 0.5) is 23.9 Å². The molecule has 31 heavy (non-hydrogen) atoms. The smallest absolute Gasteiger partial charge is 0.462 e. The Bertz CT molecular complexity index is 1050. The molecule has 0 fully saturated rings. The van der Waals surface area contributed by atoms with Gasteiger partial charge in [-0.15, -0.1) is 24.5 Å². The molecule has 0 spiro atoms. The highest BCUT2D eigenvalue weighted by Crippen LogP contribution is 2.36. The van der Waals surface area contributed by atoms with Crippen molar-refractivity contribution < 1.29 is 27.4 Å². The first-order valence-electron chi connectivity index (χ1n) is 9.05. The molecule has 0 bridgehead atoms. The highest BCUT2D eigenvalue weighted by molar-refractivity contribution is 7.80. The Morgan fingerprint density at radius 2 is 1.74 bits per heavy atom. The minimum atomic E-state index is -4.76. The number of benzene rings is 2. The second kappa shape index (κ2) is 9.80. The standard InChI is InChI=1S/C21H17F3N2O3S2/c1-2-28-19(27)16-12-17(13-6-4-3-5-7-13)31-18(16)26-20(30)25-14-8-10-15(11-9-14)29-21(22,23)24/h3-12H,2H2,1H3,(H2,25,26,30). The normalized spacial score (nSPS) is 11.0. The Morgan fingerprint density at radius 1 is 1.06 bits per heavy atom. The van der Waals surface area contributed by atoms with E-state index in [0.717, 1.165) is 10.4 Å². The molecular weight excluding hydrogens is 449 g/mol. The summed E-state index contributed by atoms with van der Waals surface area (Å²) in [6.45, 7) is 1.94. The minimum Gasteiger partial charge on any atom is -0.462 e. The highest BCUT2D eigenvalue weighted by Gasteiger charge is 2.31. The monoisotopic (exact) mass is 466 g/mol. The summed E-state index contributed by atoms with van der Waals surface area (Å²) in [6, 6.07) is 16.4. The van der Waals surface area contributed by atoms with Crippen molar-refractivity contribution in [1.82, 2.24) is 0 Å². The van der Waals surface area contributed by atoms with Crippen LogP contribution in [0.2, 0.25) is 0 Å². The van der Waals surface area contributed by atoms with Crippen LogP contribution in [0, 0.1) is 0 Å². The van der Waals surface area contributed by atoms with E-state index in [1.807, 2.05) is 30.3 Å². The Labute approximate surface area is 185 Å². The Kier molecular flexibility index (Phi) is 7.13. The molecule has 0 aliphatic heterocycles. The molecule has 2 N–H and O–H groups in total. The van der Waals surface area contributed by atoms with Crippen molar-refractivity contribution in [1.29, 1.82) is 0 Å². The molecule has 0 aliphatic carbocycles. The first kappa shape index (κ1) is 22.6. The molecule has 0 radical (unpaired) electrons. The SMILES string of the molecule is CCOC(=O)c1cc(-c2ccccc2)sc1NC(=S)Nc1ccc(OC(F)(F)F)cc1. The number of nitrogens with one attached hydrogen (secondary N) is 2. The summed E-state index contributed by atoms with van der Waals surface area (Å²) in [4.78, 5) is 13.2. The number of carbonyl (C=O) groups excluding carboxylic acids is 1. The van der Waals surface area contributed by atoms with Crippen LogP contribution in [0.25, 0.3) is 10.4 Å². The van der Waals surface area contributed by atoms with Crippen molar-refractivity contribution in [3.8, 4) is 16.2 Å². The molecule has 3 aromatic rings. The van der Waals surface area contributed by atoms with Gasteiger partial charge in [0.1, 0.15) is 10.8 Å². The number of esters is 1. The van der Waals surface area contributed by atoms with E-state index in [2.05, 4.69) is 15.4 Å². The highest BCUT2D eigenvalue weighted by atomic mass is 32.1. The summed E-state index contributed by atoms with van der Waals surface area (Å²) in [6.07, 6.45) is -4.76. The first-order chi connectivity index (χ1) is 14.7. The van der Waals surface area contributed by atoms with E-state index in [-0.39, 0.29) is 17.5 Å². The van der Waals surface area contributed by atoms with E-state index in [0.29, 0.717) is 16.3 Å². The molecule has 5 nitrogen and oxygen atoms in total. The second-order valence-electron chi connectivity index (χ2n) is 6.09. The predicted octanol–water partition coefficient (Wildman–Crippen LogP) is 6.30. The number of halogens is 3. The molecule has 0 amide bonds. The fraction of sp³-hybridized carbons (Fsp3) is 0.143. The van der Waals surface area contributed by atoms with Gasteiger partial charge < -0.3 is 20.1 Å². The summed E-state index contributed by atoms with van der Waals surface area (Å²) >= 11 is 6.63. The van der Waals surface area contributed by atoms with E-state index >= 15 is 0 Å². The number of thiocarbonyl (C=S) groups is 1. The molecular formula is C21H17F3N2O3S2. The number of alkyl halides is 3. The van der Waals surface area contributed by atoms with Gasteiger partial charge in [-0.2, -0.15) is 0 Å². The average molecular weight is 467 g/mol. The van der Waals surface area contributed by atoms with Gasteiger partial charge in [0.05, 0.1) is 12.2 Å². The summed E-state index contributed by atoms with van der Waals surface area (Å²) in [5.41, 5.74) is 1.72. The van der Waals surface area contributed by atoms with E-state index < -0.39 is 12.3 Å². The van der Waals surface area contributed by atoms with Crippen molar-refractivity contribution in [2.24, 2.45) is 0 Å². The van der Waals surface area contributed by atoms with Crippen molar-refractivity contribution in [2.45, 2.75) is 13.3 Å². The van der Waals surface area contributed by atoms with E-state index in [4.69, 9.17) is 17.0 Å². The number of hydrogen-bond acceptors (Lipinski definition) is 5. The van der Waals surface area contributed by atoms with Gasteiger partial charge in [-0.3, -0.25) is 0 Å². The van der Waals surface area contributed by atoms with Crippen LogP contribution in [0.3, 0.4) is 0 Å². The number of hydrogen-bond donors (Lipinski definition) is 2. The summed E-state index contributed by atoms with van der Waals surface area (Å²) in [5.74, 6) is -0.827. The summed E-state index contributed by atoms with van der Waals surface area (Å²) in [7, 11) is 0.